The maximum absolute atomic E-state index is 12.1. The topological polar surface area (TPSA) is 53.3 Å². The van der Waals surface area contributed by atoms with Gasteiger partial charge in [0.2, 0.25) is 5.78 Å². The molecule has 5 nitrogen and oxygen atoms in total. The summed E-state index contributed by atoms with van der Waals surface area (Å²) in [6.07, 6.45) is 3.27. The van der Waals surface area contributed by atoms with Gasteiger partial charge in [-0.2, -0.15) is 5.10 Å². The van der Waals surface area contributed by atoms with Crippen LogP contribution in [0.4, 0.5) is 0 Å². The molecule has 0 amide bonds. The molecule has 21 heavy (non-hydrogen) atoms. The molecule has 5 heteroatoms. The van der Waals surface area contributed by atoms with Crippen LogP contribution >= 0.6 is 0 Å². The van der Waals surface area contributed by atoms with Crippen molar-refractivity contribution in [3.05, 3.63) is 47.3 Å². The molecule has 0 aliphatic carbocycles. The van der Waals surface area contributed by atoms with Gasteiger partial charge in [0.25, 0.3) is 0 Å². The van der Waals surface area contributed by atoms with Crippen LogP contribution in [0.2, 0.25) is 0 Å². The first kappa shape index (κ1) is 14.8. The SMILES string of the molecule is COc1ccc(/C=C/C(=O)c2cc(C)nn2C)cc1OC. The highest BCUT2D eigenvalue weighted by molar-refractivity contribution is 6.05. The molecule has 0 saturated heterocycles. The zero-order chi connectivity index (χ0) is 15.4. The van der Waals surface area contributed by atoms with Gasteiger partial charge in [-0.25, -0.2) is 0 Å². The monoisotopic (exact) mass is 286 g/mol. The molecule has 1 heterocycles. The van der Waals surface area contributed by atoms with Crippen LogP contribution in [-0.2, 0) is 7.05 Å². The van der Waals surface area contributed by atoms with Crippen molar-refractivity contribution >= 4 is 11.9 Å². The molecule has 0 aliphatic rings. The van der Waals surface area contributed by atoms with Crippen LogP contribution in [0, 0.1) is 6.92 Å². The van der Waals surface area contributed by atoms with Crippen LogP contribution in [0.5, 0.6) is 11.5 Å². The van der Waals surface area contributed by atoms with E-state index in [9.17, 15) is 4.79 Å². The lowest BCUT2D eigenvalue weighted by atomic mass is 10.1. The number of aryl methyl sites for hydroxylation is 2. The molecule has 0 aliphatic heterocycles. The number of methoxy groups -OCH3 is 2. The molecule has 0 unspecified atom stereocenters. The first-order valence-corrected chi connectivity index (χ1v) is 6.50. The van der Waals surface area contributed by atoms with Crippen LogP contribution in [0.15, 0.2) is 30.3 Å². The second kappa shape index (κ2) is 6.26. The van der Waals surface area contributed by atoms with Gasteiger partial charge in [-0.05, 0) is 36.8 Å². The molecule has 2 aromatic rings. The van der Waals surface area contributed by atoms with Crippen LogP contribution in [0.25, 0.3) is 6.08 Å². The van der Waals surface area contributed by atoms with Crippen molar-refractivity contribution in [3.63, 3.8) is 0 Å². The summed E-state index contributed by atoms with van der Waals surface area (Å²) < 4.78 is 12.0. The van der Waals surface area contributed by atoms with E-state index in [0.717, 1.165) is 11.3 Å². The lowest BCUT2D eigenvalue weighted by Crippen LogP contribution is -2.03. The number of carbonyl (C=O) groups excluding carboxylic acids is 1. The van der Waals surface area contributed by atoms with E-state index in [1.807, 2.05) is 19.1 Å². The van der Waals surface area contributed by atoms with Crippen LogP contribution in [0.1, 0.15) is 21.7 Å². The van der Waals surface area contributed by atoms with Crippen molar-refractivity contribution in [2.45, 2.75) is 6.92 Å². The number of rotatable bonds is 5. The number of aromatic nitrogens is 2. The Bertz CT molecular complexity index is 687. The largest absolute Gasteiger partial charge is 0.493 e. The van der Waals surface area contributed by atoms with E-state index in [2.05, 4.69) is 5.10 Å². The fourth-order valence-corrected chi connectivity index (χ4v) is 2.05. The van der Waals surface area contributed by atoms with Crippen LogP contribution < -0.4 is 9.47 Å². The summed E-state index contributed by atoms with van der Waals surface area (Å²) in [5.74, 6) is 1.19. The summed E-state index contributed by atoms with van der Waals surface area (Å²) in [4.78, 5) is 12.1. The third-order valence-corrected chi connectivity index (χ3v) is 3.09. The number of ether oxygens (including phenoxy) is 2. The number of carbonyl (C=O) groups is 1. The van der Waals surface area contributed by atoms with E-state index in [1.54, 1.807) is 44.2 Å². The Kier molecular flexibility index (Phi) is 4.42. The average Bonchev–Trinajstić information content (AvgIpc) is 2.83. The van der Waals surface area contributed by atoms with Crippen molar-refractivity contribution in [1.82, 2.24) is 9.78 Å². The van der Waals surface area contributed by atoms with Gasteiger partial charge in [0.15, 0.2) is 11.5 Å². The summed E-state index contributed by atoms with van der Waals surface area (Å²) in [7, 11) is 4.92. The predicted octanol–water partition coefficient (Wildman–Crippen LogP) is 2.64. The van der Waals surface area contributed by atoms with E-state index in [-0.39, 0.29) is 5.78 Å². The minimum atomic E-state index is -0.0899. The molecule has 110 valence electrons. The Labute approximate surface area is 123 Å². The lowest BCUT2D eigenvalue weighted by Gasteiger charge is -2.07. The van der Waals surface area contributed by atoms with Crippen molar-refractivity contribution in [2.24, 2.45) is 7.05 Å². The first-order chi connectivity index (χ1) is 10.0. The Balaban J connectivity index is 2.21. The minimum Gasteiger partial charge on any atom is -0.493 e. The highest BCUT2D eigenvalue weighted by atomic mass is 16.5. The van der Waals surface area contributed by atoms with Gasteiger partial charge in [0.1, 0.15) is 5.69 Å². The third-order valence-electron chi connectivity index (χ3n) is 3.09. The van der Waals surface area contributed by atoms with Crippen molar-refractivity contribution in [1.29, 1.82) is 0 Å². The number of benzene rings is 1. The molecule has 2 rings (SSSR count). The number of allylic oxidation sites excluding steroid dienone is 1. The molecule has 1 aromatic heterocycles. The Morgan fingerprint density at radius 1 is 1.19 bits per heavy atom. The van der Waals surface area contributed by atoms with E-state index < -0.39 is 0 Å². The molecule has 0 atom stereocenters. The number of hydrogen-bond acceptors (Lipinski definition) is 4. The Morgan fingerprint density at radius 3 is 2.48 bits per heavy atom. The van der Waals surface area contributed by atoms with Gasteiger partial charge in [-0.3, -0.25) is 9.48 Å². The summed E-state index contributed by atoms with van der Waals surface area (Å²) >= 11 is 0. The Hall–Kier alpha value is -2.56. The van der Waals surface area contributed by atoms with E-state index in [0.29, 0.717) is 17.2 Å². The van der Waals surface area contributed by atoms with Crippen LogP contribution in [0.3, 0.4) is 0 Å². The lowest BCUT2D eigenvalue weighted by molar-refractivity contribution is 0.103. The normalized spacial score (nSPS) is 10.9. The molecular formula is C16H18N2O3. The quantitative estimate of drug-likeness (QED) is 0.626. The van der Waals surface area contributed by atoms with Gasteiger partial charge in [0.05, 0.1) is 19.9 Å². The Morgan fingerprint density at radius 2 is 1.90 bits per heavy atom. The third kappa shape index (κ3) is 3.31. The molecule has 0 fully saturated rings. The average molecular weight is 286 g/mol. The number of nitrogens with zero attached hydrogens (tertiary/aromatic N) is 2. The van der Waals surface area contributed by atoms with Crippen molar-refractivity contribution in [3.8, 4) is 11.5 Å². The number of ketones is 1. The maximum Gasteiger partial charge on any atom is 0.203 e. The standard InChI is InChI=1S/C16H18N2O3/c1-11-9-13(18(2)17-11)14(19)7-5-12-6-8-15(20-3)16(10-12)21-4/h5-10H,1-4H3/b7-5+. The van der Waals surface area contributed by atoms with Gasteiger partial charge in [0, 0.05) is 7.05 Å². The molecule has 0 spiro atoms. The van der Waals surface area contributed by atoms with Gasteiger partial charge < -0.3 is 9.47 Å². The highest BCUT2D eigenvalue weighted by Gasteiger charge is 2.09. The fourth-order valence-electron chi connectivity index (χ4n) is 2.05. The summed E-state index contributed by atoms with van der Waals surface area (Å²) in [5, 5.41) is 4.16. The zero-order valence-electron chi connectivity index (χ0n) is 12.6. The summed E-state index contributed by atoms with van der Waals surface area (Å²) in [6.45, 7) is 1.86. The van der Waals surface area contributed by atoms with Gasteiger partial charge in [-0.1, -0.05) is 12.1 Å². The molecule has 0 radical (unpaired) electrons. The van der Waals surface area contributed by atoms with Crippen molar-refractivity contribution < 1.29 is 14.3 Å². The zero-order valence-corrected chi connectivity index (χ0v) is 12.6. The van der Waals surface area contributed by atoms with Crippen molar-refractivity contribution in [2.75, 3.05) is 14.2 Å². The molecule has 0 N–H and O–H groups in total. The second-order valence-electron chi connectivity index (χ2n) is 4.61. The van der Waals surface area contributed by atoms with Gasteiger partial charge >= 0.3 is 0 Å². The fraction of sp³-hybridized carbons (Fsp3) is 0.250. The molecule has 1 aromatic carbocycles. The predicted molar refractivity (Wildman–Crippen MR) is 80.9 cm³/mol. The highest BCUT2D eigenvalue weighted by Crippen LogP contribution is 2.28. The summed E-state index contributed by atoms with van der Waals surface area (Å²) in [6, 6.07) is 7.25. The summed E-state index contributed by atoms with van der Waals surface area (Å²) in [5.41, 5.74) is 2.24. The van der Waals surface area contributed by atoms with E-state index in [1.165, 1.54) is 6.08 Å². The maximum atomic E-state index is 12.1. The minimum absolute atomic E-state index is 0.0899. The second-order valence-corrected chi connectivity index (χ2v) is 4.61. The smallest absolute Gasteiger partial charge is 0.203 e. The van der Waals surface area contributed by atoms with E-state index in [4.69, 9.17) is 9.47 Å². The molecule has 0 bridgehead atoms. The first-order valence-electron chi connectivity index (χ1n) is 6.50. The molecular weight excluding hydrogens is 268 g/mol. The molecule has 0 saturated carbocycles. The van der Waals surface area contributed by atoms with Crippen LogP contribution in [-0.4, -0.2) is 29.8 Å². The van der Waals surface area contributed by atoms with E-state index >= 15 is 0 Å². The van der Waals surface area contributed by atoms with Gasteiger partial charge in [-0.15, -0.1) is 0 Å². The number of hydrogen-bond donors (Lipinski definition) is 0.